The van der Waals surface area contributed by atoms with Gasteiger partial charge in [0.1, 0.15) is 12.1 Å². The van der Waals surface area contributed by atoms with Crippen molar-refractivity contribution in [3.8, 4) is 17.5 Å². The zero-order chi connectivity index (χ0) is 28.2. The van der Waals surface area contributed by atoms with Gasteiger partial charge in [0.05, 0.1) is 25.4 Å². The minimum atomic E-state index is -3.88. The molecule has 0 radical (unpaired) electrons. The fraction of sp³-hybridized carbons (Fsp3) is 0.593. The highest BCUT2D eigenvalue weighted by Gasteiger charge is 2.38. The summed E-state index contributed by atoms with van der Waals surface area (Å²) >= 11 is 0. The molecule has 3 heterocycles. The van der Waals surface area contributed by atoms with Crippen LogP contribution in [0.15, 0.2) is 30.6 Å². The van der Waals surface area contributed by atoms with Crippen LogP contribution in [0.1, 0.15) is 63.5 Å². The van der Waals surface area contributed by atoms with Gasteiger partial charge < -0.3 is 19.5 Å². The Balaban J connectivity index is 1.27. The largest absolute Gasteiger partial charge is 0.477 e. The lowest BCUT2D eigenvalue weighted by Crippen LogP contribution is -2.51. The Kier molecular flexibility index (Phi) is 8.97. The maximum Gasteiger partial charge on any atom is 0.407 e. The minimum Gasteiger partial charge on any atom is -0.477 e. The van der Waals surface area contributed by atoms with Crippen LogP contribution in [-0.2, 0) is 18.8 Å². The number of carbonyl (C=O) groups is 1. The molecule has 0 aliphatic carbocycles. The molecule has 1 N–H and O–H groups in total. The van der Waals surface area contributed by atoms with Crippen molar-refractivity contribution in [3.63, 3.8) is 0 Å². The molecular formula is C27H37N3O8S. The van der Waals surface area contributed by atoms with Crippen LogP contribution in [0, 0.1) is 18.3 Å². The van der Waals surface area contributed by atoms with Crippen molar-refractivity contribution in [2.75, 3.05) is 26.4 Å². The molecule has 2 saturated heterocycles. The van der Waals surface area contributed by atoms with Crippen LogP contribution < -0.4 is 9.47 Å². The van der Waals surface area contributed by atoms with E-state index in [1.807, 2.05) is 19.1 Å². The van der Waals surface area contributed by atoms with E-state index in [-0.39, 0.29) is 30.6 Å². The third-order valence-electron chi connectivity index (χ3n) is 7.34. The first kappa shape index (κ1) is 29.0. The number of amides is 1. The van der Waals surface area contributed by atoms with E-state index < -0.39 is 16.5 Å². The van der Waals surface area contributed by atoms with Gasteiger partial charge in [-0.3, -0.25) is 0 Å². The molecule has 11 nitrogen and oxygen atoms in total. The lowest BCUT2D eigenvalue weighted by atomic mass is 9.76. The number of hydrogen-bond acceptors (Lipinski definition) is 9. The van der Waals surface area contributed by atoms with Crippen molar-refractivity contribution in [3.05, 3.63) is 41.7 Å². The first-order chi connectivity index (χ1) is 18.4. The van der Waals surface area contributed by atoms with E-state index in [9.17, 15) is 18.3 Å². The number of ether oxygens (including phenoxy) is 2. The summed E-state index contributed by atoms with van der Waals surface area (Å²) in [6.07, 6.45) is 4.09. The number of hydrogen-bond donors (Lipinski definition) is 1. The van der Waals surface area contributed by atoms with Crippen molar-refractivity contribution in [2.24, 2.45) is 11.3 Å². The molecule has 214 valence electrons. The molecule has 2 aliphatic rings. The zero-order valence-electron chi connectivity index (χ0n) is 22.8. The summed E-state index contributed by atoms with van der Waals surface area (Å²) in [6.45, 7) is 9.26. The molecule has 12 heteroatoms. The van der Waals surface area contributed by atoms with Gasteiger partial charge in [0.2, 0.25) is 11.8 Å². The summed E-state index contributed by atoms with van der Waals surface area (Å²) < 4.78 is 44.0. The number of likely N-dealkylation sites (tertiary alicyclic amines) is 1. The highest BCUT2D eigenvalue weighted by molar-refractivity contribution is 7.81. The molecule has 2 aliphatic heterocycles. The van der Waals surface area contributed by atoms with Gasteiger partial charge in [-0.15, -0.1) is 0 Å². The maximum absolute atomic E-state index is 11.7. The van der Waals surface area contributed by atoms with Gasteiger partial charge in [0.25, 0.3) is 0 Å². The maximum atomic E-state index is 11.7. The molecule has 1 aromatic carbocycles. The highest BCUT2D eigenvalue weighted by Crippen LogP contribution is 2.36. The Bertz CT molecular complexity index is 1230. The normalized spacial score (nSPS) is 21.9. The summed E-state index contributed by atoms with van der Waals surface area (Å²) in [6, 6.07) is 7.24. The van der Waals surface area contributed by atoms with Crippen molar-refractivity contribution in [1.29, 1.82) is 0 Å². The number of aromatic nitrogens is 2. The van der Waals surface area contributed by atoms with Crippen LogP contribution in [0.5, 0.6) is 17.5 Å². The van der Waals surface area contributed by atoms with E-state index in [0.29, 0.717) is 42.1 Å². The Morgan fingerprint density at radius 3 is 2.44 bits per heavy atom. The second-order valence-electron chi connectivity index (χ2n) is 11.2. The highest BCUT2D eigenvalue weighted by atomic mass is 32.3. The summed E-state index contributed by atoms with van der Waals surface area (Å²) in [5.41, 5.74) is 1.45. The molecule has 1 aromatic heterocycles. The van der Waals surface area contributed by atoms with Crippen LogP contribution in [0.25, 0.3) is 0 Å². The van der Waals surface area contributed by atoms with E-state index in [4.69, 9.17) is 17.8 Å². The lowest BCUT2D eigenvalue weighted by Gasteiger charge is -2.44. The van der Waals surface area contributed by atoms with Gasteiger partial charge in [-0.05, 0) is 61.6 Å². The number of carboxylic acid groups (broad SMARTS) is 1. The van der Waals surface area contributed by atoms with E-state index >= 15 is 0 Å². The summed E-state index contributed by atoms with van der Waals surface area (Å²) in [5, 5.41) is 9.58. The van der Waals surface area contributed by atoms with E-state index in [0.717, 1.165) is 31.2 Å². The minimum absolute atomic E-state index is 0.00743. The van der Waals surface area contributed by atoms with E-state index in [1.165, 1.54) is 6.33 Å². The molecule has 2 unspecified atom stereocenters. The van der Waals surface area contributed by atoms with Crippen LogP contribution in [0.2, 0.25) is 0 Å². The van der Waals surface area contributed by atoms with Gasteiger partial charge in [0, 0.05) is 18.5 Å². The molecule has 2 aromatic rings. The number of rotatable bonds is 8. The van der Waals surface area contributed by atoms with Crippen molar-refractivity contribution in [1.82, 2.24) is 14.9 Å². The number of nitrogens with zero attached hydrogens (tertiary/aromatic N) is 3. The second-order valence-corrected chi connectivity index (χ2v) is 12.5. The molecule has 4 rings (SSSR count). The fourth-order valence-corrected chi connectivity index (χ4v) is 5.81. The van der Waals surface area contributed by atoms with Gasteiger partial charge in [-0.25, -0.2) is 23.1 Å². The molecule has 0 saturated carbocycles. The molecule has 2 fully saturated rings. The summed E-state index contributed by atoms with van der Waals surface area (Å²) in [7, 11) is -3.88. The van der Waals surface area contributed by atoms with E-state index in [2.05, 4.69) is 30.7 Å². The number of piperidine rings is 1. The van der Waals surface area contributed by atoms with Crippen molar-refractivity contribution < 1.29 is 36.2 Å². The predicted octanol–water partition coefficient (Wildman–Crippen LogP) is 4.92. The average molecular weight is 564 g/mol. The molecular weight excluding hydrogens is 526 g/mol. The third-order valence-corrected chi connectivity index (χ3v) is 8.19. The molecule has 39 heavy (non-hydrogen) atoms. The van der Waals surface area contributed by atoms with Crippen molar-refractivity contribution in [2.45, 2.75) is 65.3 Å². The van der Waals surface area contributed by atoms with Crippen LogP contribution in [-0.4, -0.2) is 66.9 Å². The van der Waals surface area contributed by atoms with Gasteiger partial charge in [0.15, 0.2) is 0 Å². The summed E-state index contributed by atoms with van der Waals surface area (Å²) in [5.74, 6) is 1.68. The Hall–Kier alpha value is -2.96. The first-order valence-corrected chi connectivity index (χ1v) is 14.5. The van der Waals surface area contributed by atoms with Crippen LogP contribution in [0.4, 0.5) is 4.79 Å². The van der Waals surface area contributed by atoms with Gasteiger partial charge >= 0.3 is 16.5 Å². The smallest absolute Gasteiger partial charge is 0.407 e. The van der Waals surface area contributed by atoms with E-state index in [1.54, 1.807) is 17.0 Å². The van der Waals surface area contributed by atoms with Gasteiger partial charge in [-0.2, -0.15) is 8.42 Å². The van der Waals surface area contributed by atoms with Crippen LogP contribution >= 0.6 is 0 Å². The standard InChI is InChI=1S/C27H37N3O8S/c1-18-24(35-13-5-6-19-11-12-30(26(31)32)23(14-19)27(2,3)4)28-17-29-25(18)38-22-9-7-20(8-10-22)21-15-36-39(33,34)37-16-21/h7-10,17,19,21,23H,5-6,11-16H2,1-4H3,(H,31,32). The van der Waals surface area contributed by atoms with Gasteiger partial charge in [-0.1, -0.05) is 32.9 Å². The number of benzene rings is 1. The zero-order valence-corrected chi connectivity index (χ0v) is 23.6. The Morgan fingerprint density at radius 2 is 1.79 bits per heavy atom. The molecule has 0 bridgehead atoms. The second kappa shape index (κ2) is 12.1. The Morgan fingerprint density at radius 1 is 1.13 bits per heavy atom. The SMILES string of the molecule is Cc1c(OCCCC2CCN(C(=O)O)C(C(C)(C)C)C2)ncnc1Oc1ccc(C2COS(=O)(=O)OC2)cc1. The van der Waals surface area contributed by atoms with Crippen LogP contribution in [0.3, 0.4) is 0 Å². The molecule has 2 atom stereocenters. The third kappa shape index (κ3) is 7.58. The quantitative estimate of drug-likeness (QED) is 0.441. The Labute approximate surface area is 229 Å². The first-order valence-electron chi connectivity index (χ1n) is 13.2. The monoisotopic (exact) mass is 563 g/mol. The van der Waals surface area contributed by atoms with Crippen molar-refractivity contribution >= 4 is 16.5 Å². The lowest BCUT2D eigenvalue weighted by molar-refractivity contribution is 0.0379. The topological polar surface area (TPSA) is 137 Å². The predicted molar refractivity (Wildman–Crippen MR) is 142 cm³/mol. The molecule has 0 spiro atoms. The average Bonchev–Trinajstić information content (AvgIpc) is 2.88. The summed E-state index contributed by atoms with van der Waals surface area (Å²) in [4.78, 5) is 21.8. The fourth-order valence-electron chi connectivity index (χ4n) is 5.08. The molecule has 1 amide bonds.